The van der Waals surface area contributed by atoms with Crippen LogP contribution in [0.3, 0.4) is 0 Å². The highest BCUT2D eigenvalue weighted by Gasteiger charge is 2.27. The second-order valence-corrected chi connectivity index (χ2v) is 7.45. The van der Waals surface area contributed by atoms with Crippen molar-refractivity contribution in [2.45, 2.75) is 56.7 Å². The van der Waals surface area contributed by atoms with E-state index in [4.69, 9.17) is 5.73 Å². The smallest absolute Gasteiger partial charge is 0.326 e. The molecule has 0 bridgehead atoms. The molecule has 0 saturated carbocycles. The molecule has 0 radical (unpaired) electrons. The number of nitrogens with zero attached hydrogens (tertiary/aromatic N) is 1. The van der Waals surface area contributed by atoms with Crippen LogP contribution < -0.4 is 27.0 Å². The fourth-order valence-electron chi connectivity index (χ4n) is 3.29. The summed E-state index contributed by atoms with van der Waals surface area (Å²) in [6, 6.07) is -2.44. The summed E-state index contributed by atoms with van der Waals surface area (Å²) in [6.45, 7) is 0.926. The molecule has 0 spiro atoms. The molecule has 2 heterocycles. The molecule has 1 aliphatic heterocycles. The number of hydrogen-bond acceptors (Lipinski definition) is 7. The Morgan fingerprint density at radius 1 is 1.23 bits per heavy atom. The van der Waals surface area contributed by atoms with Crippen LogP contribution in [0.25, 0.3) is 0 Å². The van der Waals surface area contributed by atoms with Crippen molar-refractivity contribution in [1.82, 2.24) is 31.2 Å². The third-order valence-corrected chi connectivity index (χ3v) is 4.99. The summed E-state index contributed by atoms with van der Waals surface area (Å²) >= 11 is 0. The molecule has 31 heavy (non-hydrogen) atoms. The molecular weight excluding hydrogens is 406 g/mol. The van der Waals surface area contributed by atoms with E-state index in [-0.39, 0.29) is 24.9 Å². The van der Waals surface area contributed by atoms with Gasteiger partial charge in [-0.3, -0.25) is 14.4 Å². The zero-order valence-electron chi connectivity index (χ0n) is 17.4. The highest BCUT2D eigenvalue weighted by atomic mass is 16.4. The second kappa shape index (κ2) is 12.6. The zero-order chi connectivity index (χ0) is 22.6. The van der Waals surface area contributed by atoms with Gasteiger partial charge in [-0.25, -0.2) is 9.78 Å². The fraction of sp³-hybridized carbons (Fsp3) is 0.632. The summed E-state index contributed by atoms with van der Waals surface area (Å²) in [5, 5.41) is 20.1. The molecule has 0 aliphatic carbocycles. The Labute approximate surface area is 180 Å². The number of unbranched alkanes of at least 4 members (excludes halogenated alkanes) is 1. The Hall–Kier alpha value is -2.99. The molecule has 0 aromatic carbocycles. The largest absolute Gasteiger partial charge is 0.480 e. The molecule has 3 unspecified atom stereocenters. The van der Waals surface area contributed by atoms with E-state index in [1.54, 1.807) is 0 Å². The van der Waals surface area contributed by atoms with Crippen LogP contribution in [-0.2, 0) is 25.6 Å². The van der Waals surface area contributed by atoms with Gasteiger partial charge in [-0.2, -0.15) is 0 Å². The lowest BCUT2D eigenvalue weighted by Gasteiger charge is -2.21. The van der Waals surface area contributed by atoms with E-state index < -0.39 is 29.9 Å². The van der Waals surface area contributed by atoms with Crippen LogP contribution in [0.4, 0.5) is 0 Å². The van der Waals surface area contributed by atoms with E-state index >= 15 is 0 Å². The first-order valence-corrected chi connectivity index (χ1v) is 10.4. The third kappa shape index (κ3) is 8.34. The number of amides is 3. The minimum absolute atomic E-state index is 0.0228. The number of carbonyl (C=O) groups excluding carboxylic acids is 3. The molecular formula is C19H31N7O5. The van der Waals surface area contributed by atoms with E-state index in [1.165, 1.54) is 12.5 Å². The van der Waals surface area contributed by atoms with Crippen LogP contribution in [0.15, 0.2) is 12.5 Å². The standard InChI is InChI=1S/C19H31N7O5/c20-6-2-1-4-14(25-16(27)10-23-17(28)13-5-3-7-22-13)18(29)26-15(19(30)31)8-12-9-21-11-24-12/h9,11,13-15,22H,1-8,10,20H2,(H,21,24)(H,23,28)(H,25,27)(H,26,29)(H,30,31). The molecule has 1 aromatic rings. The number of hydrogen-bond donors (Lipinski definition) is 7. The van der Waals surface area contributed by atoms with Crippen molar-refractivity contribution in [2.24, 2.45) is 5.73 Å². The summed E-state index contributed by atoms with van der Waals surface area (Å²) in [7, 11) is 0. The maximum absolute atomic E-state index is 12.7. The Morgan fingerprint density at radius 2 is 2.03 bits per heavy atom. The number of rotatable bonds is 13. The predicted octanol–water partition coefficient (Wildman–Crippen LogP) is -2.00. The molecule has 1 fully saturated rings. The SMILES string of the molecule is NCCCCC(NC(=O)CNC(=O)C1CCCN1)C(=O)NC(Cc1cnc[nH]1)C(=O)O. The van der Waals surface area contributed by atoms with Gasteiger partial charge in [0.2, 0.25) is 17.7 Å². The van der Waals surface area contributed by atoms with E-state index in [2.05, 4.69) is 31.2 Å². The minimum atomic E-state index is -1.20. The van der Waals surface area contributed by atoms with Crippen LogP contribution in [0.5, 0.6) is 0 Å². The van der Waals surface area contributed by atoms with Crippen LogP contribution in [-0.4, -0.2) is 76.5 Å². The van der Waals surface area contributed by atoms with Gasteiger partial charge in [-0.15, -0.1) is 0 Å². The van der Waals surface area contributed by atoms with Gasteiger partial charge >= 0.3 is 5.97 Å². The number of aromatic nitrogens is 2. The molecule has 1 aliphatic rings. The average Bonchev–Trinajstić information content (AvgIpc) is 3.45. The highest BCUT2D eigenvalue weighted by molar-refractivity contribution is 5.92. The Kier molecular flexibility index (Phi) is 9.91. The molecule has 1 aromatic heterocycles. The van der Waals surface area contributed by atoms with Gasteiger partial charge in [-0.05, 0) is 45.2 Å². The molecule has 2 rings (SSSR count). The quantitative estimate of drug-likeness (QED) is 0.172. The number of carbonyl (C=O) groups is 4. The number of imidazole rings is 1. The minimum Gasteiger partial charge on any atom is -0.480 e. The lowest BCUT2D eigenvalue weighted by molar-refractivity contribution is -0.142. The van der Waals surface area contributed by atoms with E-state index in [0.717, 1.165) is 13.0 Å². The topological polar surface area (TPSA) is 191 Å². The summed E-state index contributed by atoms with van der Waals surface area (Å²) in [4.78, 5) is 55.2. The zero-order valence-corrected chi connectivity index (χ0v) is 17.4. The first kappa shape index (κ1) is 24.3. The van der Waals surface area contributed by atoms with Gasteiger partial charge in [0.1, 0.15) is 12.1 Å². The number of aliphatic carboxylic acids is 1. The molecule has 3 amide bonds. The Morgan fingerprint density at radius 3 is 2.65 bits per heavy atom. The first-order chi connectivity index (χ1) is 14.9. The number of H-pyrrole nitrogens is 1. The third-order valence-electron chi connectivity index (χ3n) is 4.99. The lowest BCUT2D eigenvalue weighted by Crippen LogP contribution is -2.54. The van der Waals surface area contributed by atoms with Crippen LogP contribution in [0.2, 0.25) is 0 Å². The average molecular weight is 438 g/mol. The Bertz CT molecular complexity index is 734. The normalized spacial score (nSPS) is 17.5. The number of carboxylic acid groups (broad SMARTS) is 1. The maximum atomic E-state index is 12.7. The van der Waals surface area contributed by atoms with E-state index in [0.29, 0.717) is 37.9 Å². The van der Waals surface area contributed by atoms with Gasteiger partial charge in [-0.1, -0.05) is 0 Å². The maximum Gasteiger partial charge on any atom is 0.326 e. The summed E-state index contributed by atoms with van der Waals surface area (Å²) in [6.07, 6.45) is 6.05. The van der Waals surface area contributed by atoms with Gasteiger partial charge < -0.3 is 37.1 Å². The van der Waals surface area contributed by atoms with Crippen molar-refractivity contribution in [3.63, 3.8) is 0 Å². The molecule has 12 nitrogen and oxygen atoms in total. The lowest BCUT2D eigenvalue weighted by atomic mass is 10.1. The highest BCUT2D eigenvalue weighted by Crippen LogP contribution is 2.05. The Balaban J connectivity index is 1.91. The monoisotopic (exact) mass is 437 g/mol. The molecule has 3 atom stereocenters. The summed E-state index contributed by atoms with van der Waals surface area (Å²) in [5.41, 5.74) is 6.06. The summed E-state index contributed by atoms with van der Waals surface area (Å²) < 4.78 is 0. The van der Waals surface area contributed by atoms with Crippen molar-refractivity contribution < 1.29 is 24.3 Å². The van der Waals surface area contributed by atoms with Gasteiger partial charge in [0.05, 0.1) is 18.9 Å². The molecule has 8 N–H and O–H groups in total. The second-order valence-electron chi connectivity index (χ2n) is 7.45. The fourth-order valence-corrected chi connectivity index (χ4v) is 3.29. The van der Waals surface area contributed by atoms with Crippen molar-refractivity contribution in [2.75, 3.05) is 19.6 Å². The molecule has 12 heteroatoms. The van der Waals surface area contributed by atoms with Gasteiger partial charge in [0, 0.05) is 18.3 Å². The first-order valence-electron chi connectivity index (χ1n) is 10.4. The number of nitrogens with one attached hydrogen (secondary N) is 5. The van der Waals surface area contributed by atoms with Crippen molar-refractivity contribution in [1.29, 1.82) is 0 Å². The molecule has 172 valence electrons. The van der Waals surface area contributed by atoms with Crippen LogP contribution in [0.1, 0.15) is 37.8 Å². The summed E-state index contributed by atoms with van der Waals surface area (Å²) in [5.74, 6) is -2.60. The molecule has 1 saturated heterocycles. The van der Waals surface area contributed by atoms with Crippen molar-refractivity contribution in [3.8, 4) is 0 Å². The number of carboxylic acids is 1. The number of aromatic amines is 1. The van der Waals surface area contributed by atoms with Crippen LogP contribution >= 0.6 is 0 Å². The van der Waals surface area contributed by atoms with Crippen molar-refractivity contribution in [3.05, 3.63) is 18.2 Å². The van der Waals surface area contributed by atoms with E-state index in [1.807, 2.05) is 0 Å². The van der Waals surface area contributed by atoms with Crippen LogP contribution in [0, 0.1) is 0 Å². The van der Waals surface area contributed by atoms with Gasteiger partial charge in [0.15, 0.2) is 0 Å². The predicted molar refractivity (Wildman–Crippen MR) is 111 cm³/mol. The van der Waals surface area contributed by atoms with E-state index in [9.17, 15) is 24.3 Å². The number of nitrogens with two attached hydrogens (primary N) is 1. The van der Waals surface area contributed by atoms with Crippen molar-refractivity contribution >= 4 is 23.7 Å². The van der Waals surface area contributed by atoms with Gasteiger partial charge in [0.25, 0.3) is 0 Å².